The maximum Gasteiger partial charge on any atom is 0.322 e. The number of hydrogen-bond donors (Lipinski definition) is 3. The normalized spacial score (nSPS) is 16.9. The number of aliphatic hydroxyl groups excluding tert-OH is 1. The summed E-state index contributed by atoms with van der Waals surface area (Å²) in [7, 11) is 1.53. The molecule has 112 valence electrons. The van der Waals surface area contributed by atoms with Gasteiger partial charge in [0.2, 0.25) is 11.9 Å². The van der Waals surface area contributed by atoms with Crippen LogP contribution in [0, 0.1) is 5.41 Å². The van der Waals surface area contributed by atoms with Crippen LogP contribution in [0.3, 0.4) is 0 Å². The van der Waals surface area contributed by atoms with Crippen LogP contribution >= 0.6 is 0 Å². The van der Waals surface area contributed by atoms with Gasteiger partial charge in [0.05, 0.1) is 13.7 Å². The molecular formula is C13H23N5O2. The van der Waals surface area contributed by atoms with Gasteiger partial charge in [0, 0.05) is 18.5 Å². The van der Waals surface area contributed by atoms with E-state index in [2.05, 4.69) is 25.6 Å². The third-order valence-corrected chi connectivity index (χ3v) is 3.75. The molecule has 1 aliphatic carbocycles. The van der Waals surface area contributed by atoms with Crippen LogP contribution in [0.25, 0.3) is 0 Å². The Labute approximate surface area is 119 Å². The molecule has 0 aromatic carbocycles. The van der Waals surface area contributed by atoms with Gasteiger partial charge in [0.15, 0.2) is 0 Å². The molecule has 0 saturated heterocycles. The molecule has 0 bridgehead atoms. The van der Waals surface area contributed by atoms with Crippen molar-refractivity contribution in [2.45, 2.75) is 32.6 Å². The summed E-state index contributed by atoms with van der Waals surface area (Å²) in [5, 5.41) is 15.9. The van der Waals surface area contributed by atoms with Gasteiger partial charge in [-0.25, -0.2) is 0 Å². The highest BCUT2D eigenvalue weighted by atomic mass is 16.5. The number of anilines is 2. The Morgan fingerprint density at radius 1 is 1.15 bits per heavy atom. The van der Waals surface area contributed by atoms with Gasteiger partial charge in [-0.05, 0) is 19.8 Å². The van der Waals surface area contributed by atoms with Crippen molar-refractivity contribution in [3.63, 3.8) is 0 Å². The topological polar surface area (TPSA) is 92.2 Å². The molecule has 0 aliphatic heterocycles. The summed E-state index contributed by atoms with van der Waals surface area (Å²) in [4.78, 5) is 12.6. The van der Waals surface area contributed by atoms with Crippen LogP contribution in [0.5, 0.6) is 6.01 Å². The zero-order valence-corrected chi connectivity index (χ0v) is 12.1. The molecule has 7 heteroatoms. The second kappa shape index (κ2) is 6.69. The number of nitrogens with zero attached hydrogens (tertiary/aromatic N) is 3. The molecule has 1 fully saturated rings. The molecule has 0 radical (unpaired) electrons. The first-order valence-corrected chi connectivity index (χ1v) is 7.10. The number of aliphatic hydroxyl groups is 1. The number of ether oxygens (including phenoxy) is 1. The molecule has 1 saturated carbocycles. The Hall–Kier alpha value is -1.63. The van der Waals surface area contributed by atoms with Crippen LogP contribution in [-0.4, -0.2) is 46.9 Å². The van der Waals surface area contributed by atoms with Gasteiger partial charge in [-0.3, -0.25) is 0 Å². The standard InChI is InChI=1S/C13H23N5O2/c1-3-14-10-16-11(18-12(17-10)20-2)15-8-13(9-19)6-4-5-7-13/h19H,3-9H2,1-2H3,(H2,14,15,16,17,18). The largest absolute Gasteiger partial charge is 0.467 e. The zero-order chi connectivity index (χ0) is 14.4. The van der Waals surface area contributed by atoms with Gasteiger partial charge in [-0.2, -0.15) is 15.0 Å². The fourth-order valence-electron chi connectivity index (χ4n) is 2.55. The predicted molar refractivity (Wildman–Crippen MR) is 77.0 cm³/mol. The van der Waals surface area contributed by atoms with Crippen molar-refractivity contribution in [2.24, 2.45) is 5.41 Å². The molecule has 1 heterocycles. The van der Waals surface area contributed by atoms with Crippen molar-refractivity contribution in [3.05, 3.63) is 0 Å². The quantitative estimate of drug-likeness (QED) is 0.693. The number of aromatic nitrogens is 3. The maximum absolute atomic E-state index is 9.60. The summed E-state index contributed by atoms with van der Waals surface area (Å²) in [6.45, 7) is 3.57. The second-order valence-electron chi connectivity index (χ2n) is 5.22. The van der Waals surface area contributed by atoms with Gasteiger partial charge < -0.3 is 20.5 Å². The monoisotopic (exact) mass is 281 g/mol. The summed E-state index contributed by atoms with van der Waals surface area (Å²) in [6, 6.07) is 0.280. The average molecular weight is 281 g/mol. The Bertz CT molecular complexity index is 435. The van der Waals surface area contributed by atoms with Crippen molar-refractivity contribution in [1.82, 2.24) is 15.0 Å². The van der Waals surface area contributed by atoms with Crippen LogP contribution in [0.1, 0.15) is 32.6 Å². The van der Waals surface area contributed by atoms with Crippen LogP contribution < -0.4 is 15.4 Å². The smallest absolute Gasteiger partial charge is 0.322 e. The summed E-state index contributed by atoms with van der Waals surface area (Å²) < 4.78 is 5.07. The molecule has 7 nitrogen and oxygen atoms in total. The molecule has 20 heavy (non-hydrogen) atoms. The maximum atomic E-state index is 9.60. The van der Waals surface area contributed by atoms with Gasteiger partial charge in [0.1, 0.15) is 0 Å². The average Bonchev–Trinajstić information content (AvgIpc) is 2.95. The van der Waals surface area contributed by atoms with E-state index in [1.165, 1.54) is 20.0 Å². The highest BCUT2D eigenvalue weighted by Gasteiger charge is 2.33. The van der Waals surface area contributed by atoms with Crippen LogP contribution in [-0.2, 0) is 0 Å². The van der Waals surface area contributed by atoms with Crippen LogP contribution in [0.4, 0.5) is 11.9 Å². The molecule has 0 unspecified atom stereocenters. The lowest BCUT2D eigenvalue weighted by Crippen LogP contribution is -2.31. The fraction of sp³-hybridized carbons (Fsp3) is 0.769. The Balaban J connectivity index is 2.06. The molecule has 0 atom stereocenters. The molecule has 0 amide bonds. The van der Waals surface area contributed by atoms with E-state index >= 15 is 0 Å². The highest BCUT2D eigenvalue weighted by Crippen LogP contribution is 2.37. The number of nitrogens with one attached hydrogen (secondary N) is 2. The second-order valence-corrected chi connectivity index (χ2v) is 5.22. The molecule has 2 rings (SSSR count). The van der Waals surface area contributed by atoms with Crippen LogP contribution in [0.2, 0.25) is 0 Å². The van der Waals surface area contributed by atoms with E-state index in [0.717, 1.165) is 19.4 Å². The van der Waals surface area contributed by atoms with E-state index < -0.39 is 0 Å². The van der Waals surface area contributed by atoms with E-state index in [4.69, 9.17) is 4.74 Å². The molecule has 1 aromatic heterocycles. The Morgan fingerprint density at radius 3 is 2.35 bits per heavy atom. The van der Waals surface area contributed by atoms with E-state index in [1.54, 1.807) is 0 Å². The summed E-state index contributed by atoms with van der Waals surface area (Å²) in [6.07, 6.45) is 4.42. The minimum absolute atomic E-state index is 0.0434. The summed E-state index contributed by atoms with van der Waals surface area (Å²) in [5.41, 5.74) is -0.0434. The van der Waals surface area contributed by atoms with Crippen molar-refractivity contribution < 1.29 is 9.84 Å². The molecule has 1 aromatic rings. The first-order chi connectivity index (χ1) is 9.71. The van der Waals surface area contributed by atoms with E-state index in [-0.39, 0.29) is 18.0 Å². The summed E-state index contributed by atoms with van der Waals surface area (Å²) in [5.74, 6) is 0.971. The van der Waals surface area contributed by atoms with E-state index in [1.807, 2.05) is 6.92 Å². The van der Waals surface area contributed by atoms with Crippen molar-refractivity contribution >= 4 is 11.9 Å². The number of methoxy groups -OCH3 is 1. The third-order valence-electron chi connectivity index (χ3n) is 3.75. The minimum atomic E-state index is -0.0434. The van der Waals surface area contributed by atoms with Crippen molar-refractivity contribution in [2.75, 3.05) is 37.4 Å². The molecule has 3 N–H and O–H groups in total. The van der Waals surface area contributed by atoms with E-state index in [0.29, 0.717) is 18.4 Å². The molecule has 0 spiro atoms. The lowest BCUT2D eigenvalue weighted by molar-refractivity contribution is 0.142. The van der Waals surface area contributed by atoms with Gasteiger partial charge in [0.25, 0.3) is 0 Å². The minimum Gasteiger partial charge on any atom is -0.467 e. The lowest BCUT2D eigenvalue weighted by Gasteiger charge is -2.26. The number of rotatable bonds is 7. The first kappa shape index (κ1) is 14.8. The molecular weight excluding hydrogens is 258 g/mol. The zero-order valence-electron chi connectivity index (χ0n) is 12.1. The first-order valence-electron chi connectivity index (χ1n) is 7.10. The van der Waals surface area contributed by atoms with Crippen molar-refractivity contribution in [1.29, 1.82) is 0 Å². The predicted octanol–water partition coefficient (Wildman–Crippen LogP) is 1.28. The van der Waals surface area contributed by atoms with Gasteiger partial charge >= 0.3 is 6.01 Å². The molecule has 1 aliphatic rings. The van der Waals surface area contributed by atoms with Gasteiger partial charge in [-0.1, -0.05) is 12.8 Å². The van der Waals surface area contributed by atoms with Crippen molar-refractivity contribution in [3.8, 4) is 6.01 Å². The van der Waals surface area contributed by atoms with E-state index in [9.17, 15) is 5.11 Å². The SMILES string of the molecule is CCNc1nc(NCC2(CO)CCCC2)nc(OC)n1. The lowest BCUT2D eigenvalue weighted by atomic mass is 9.87. The summed E-state index contributed by atoms with van der Waals surface area (Å²) >= 11 is 0. The Kier molecular flexibility index (Phi) is 4.94. The Morgan fingerprint density at radius 2 is 1.80 bits per heavy atom. The van der Waals surface area contributed by atoms with Crippen LogP contribution in [0.15, 0.2) is 0 Å². The third kappa shape index (κ3) is 3.47. The number of hydrogen-bond acceptors (Lipinski definition) is 7. The van der Waals surface area contributed by atoms with Gasteiger partial charge in [-0.15, -0.1) is 0 Å². The fourth-order valence-corrected chi connectivity index (χ4v) is 2.55. The highest BCUT2D eigenvalue weighted by molar-refractivity contribution is 5.36.